The number of hydrogen-bond acceptors (Lipinski definition) is 6. The van der Waals surface area contributed by atoms with Crippen molar-refractivity contribution in [2.24, 2.45) is 0 Å². The Bertz CT molecular complexity index is 919. The van der Waals surface area contributed by atoms with Crippen LogP contribution in [-0.4, -0.2) is 43.1 Å². The lowest BCUT2D eigenvalue weighted by Crippen LogP contribution is -2.44. The molecule has 2 N–H and O–H groups in total. The van der Waals surface area contributed by atoms with Crippen molar-refractivity contribution in [3.8, 4) is 5.75 Å². The van der Waals surface area contributed by atoms with Crippen LogP contribution in [0.25, 0.3) is 0 Å². The number of ether oxygens (including phenoxy) is 1. The third-order valence-corrected chi connectivity index (χ3v) is 5.66. The second kappa shape index (κ2) is 8.61. The Morgan fingerprint density at radius 3 is 2.37 bits per heavy atom. The number of nitrogens with one attached hydrogen (secondary N) is 2. The van der Waals surface area contributed by atoms with Gasteiger partial charge in [-0.05, 0) is 62.1 Å². The molecular weight excluding hydrogens is 384 g/mol. The van der Waals surface area contributed by atoms with E-state index in [1.165, 1.54) is 6.07 Å². The van der Waals surface area contributed by atoms with Crippen LogP contribution in [0.5, 0.6) is 5.75 Å². The normalized spacial score (nSPS) is 16.8. The highest BCUT2D eigenvalue weighted by atomic mass is 16.6. The molecule has 1 saturated carbocycles. The summed E-state index contributed by atoms with van der Waals surface area (Å²) in [7, 11) is 1.65. The summed E-state index contributed by atoms with van der Waals surface area (Å²) in [6.07, 6.45) is 3.69. The quantitative estimate of drug-likeness (QED) is 0.535. The minimum Gasteiger partial charge on any atom is -0.497 e. The predicted molar refractivity (Wildman–Crippen MR) is 115 cm³/mol. The lowest BCUT2D eigenvalue weighted by atomic mass is 10.0. The van der Waals surface area contributed by atoms with Gasteiger partial charge in [0.05, 0.1) is 12.0 Å². The summed E-state index contributed by atoms with van der Waals surface area (Å²) in [4.78, 5) is 25.9. The minimum absolute atomic E-state index is 0.0512. The molecule has 8 heteroatoms. The molecule has 30 heavy (non-hydrogen) atoms. The summed E-state index contributed by atoms with van der Waals surface area (Å²) in [5, 5.41) is 17.6. The van der Waals surface area contributed by atoms with Gasteiger partial charge in [0, 0.05) is 42.5 Å². The molecular formula is C22H26N4O4. The summed E-state index contributed by atoms with van der Waals surface area (Å²) in [6.45, 7) is 1.67. The van der Waals surface area contributed by atoms with Crippen LogP contribution in [0.4, 0.5) is 17.1 Å². The Hall–Kier alpha value is -3.29. The maximum atomic E-state index is 12.7. The number of nitrogens with zero attached hydrogens (tertiary/aromatic N) is 2. The van der Waals surface area contributed by atoms with E-state index in [0.717, 1.165) is 50.2 Å². The highest BCUT2D eigenvalue weighted by Crippen LogP contribution is 2.31. The van der Waals surface area contributed by atoms with E-state index in [9.17, 15) is 14.9 Å². The first-order valence-corrected chi connectivity index (χ1v) is 10.3. The number of anilines is 2. The van der Waals surface area contributed by atoms with Crippen LogP contribution in [0, 0.1) is 10.1 Å². The molecule has 1 aliphatic heterocycles. The van der Waals surface area contributed by atoms with E-state index >= 15 is 0 Å². The largest absolute Gasteiger partial charge is 0.497 e. The highest BCUT2D eigenvalue weighted by Gasteiger charge is 2.26. The molecule has 1 saturated heterocycles. The fraction of sp³-hybridized carbons (Fsp3) is 0.409. The maximum absolute atomic E-state index is 12.7. The van der Waals surface area contributed by atoms with Crippen molar-refractivity contribution in [3.05, 3.63) is 58.1 Å². The van der Waals surface area contributed by atoms with Crippen LogP contribution in [0.15, 0.2) is 42.5 Å². The second-order valence-corrected chi connectivity index (χ2v) is 7.84. The van der Waals surface area contributed by atoms with Gasteiger partial charge in [0.1, 0.15) is 11.4 Å². The molecule has 0 radical (unpaired) electrons. The fourth-order valence-electron chi connectivity index (χ4n) is 3.74. The molecule has 0 spiro atoms. The molecule has 1 aliphatic carbocycles. The molecule has 4 rings (SSSR count). The molecule has 0 aromatic heterocycles. The summed E-state index contributed by atoms with van der Waals surface area (Å²) < 4.78 is 5.20. The van der Waals surface area contributed by atoms with Crippen LogP contribution in [0.2, 0.25) is 0 Å². The van der Waals surface area contributed by atoms with Gasteiger partial charge in [0.15, 0.2) is 0 Å². The zero-order valence-corrected chi connectivity index (χ0v) is 17.0. The molecule has 2 aromatic carbocycles. The van der Waals surface area contributed by atoms with E-state index in [-0.39, 0.29) is 17.6 Å². The first-order chi connectivity index (χ1) is 14.5. The van der Waals surface area contributed by atoms with E-state index in [0.29, 0.717) is 17.3 Å². The number of nitro groups is 1. The summed E-state index contributed by atoms with van der Waals surface area (Å²) >= 11 is 0. The van der Waals surface area contributed by atoms with Crippen molar-refractivity contribution in [1.29, 1.82) is 0 Å². The molecule has 2 aromatic rings. The Balaban J connectivity index is 1.35. The van der Waals surface area contributed by atoms with E-state index in [1.807, 2.05) is 24.3 Å². The lowest BCUT2D eigenvalue weighted by Gasteiger charge is -2.34. The lowest BCUT2D eigenvalue weighted by molar-refractivity contribution is -0.384. The van der Waals surface area contributed by atoms with Gasteiger partial charge >= 0.3 is 0 Å². The monoisotopic (exact) mass is 410 g/mol. The van der Waals surface area contributed by atoms with Gasteiger partial charge < -0.3 is 20.3 Å². The number of methoxy groups -OCH3 is 1. The van der Waals surface area contributed by atoms with Crippen molar-refractivity contribution in [1.82, 2.24) is 5.32 Å². The standard InChI is InChI=1S/C22H26N4O4/c1-30-19-7-5-18(6-8-19)25-12-10-17(11-13-25)24-22(27)15-2-9-20(23-16-3-4-16)21(14-15)26(28)29/h2,5-9,14,16-17,23H,3-4,10-13H2,1H3,(H,24,27). The first-order valence-electron chi connectivity index (χ1n) is 10.3. The number of piperidine rings is 1. The number of nitro benzene ring substituents is 1. The van der Waals surface area contributed by atoms with Gasteiger partial charge in [-0.1, -0.05) is 0 Å². The smallest absolute Gasteiger partial charge is 0.293 e. The SMILES string of the molecule is COc1ccc(N2CCC(NC(=O)c3ccc(NC4CC4)c([N+](=O)[O-])c3)CC2)cc1. The second-order valence-electron chi connectivity index (χ2n) is 7.84. The average Bonchev–Trinajstić information content (AvgIpc) is 3.58. The number of carbonyl (C=O) groups is 1. The third kappa shape index (κ3) is 4.64. The van der Waals surface area contributed by atoms with E-state index in [2.05, 4.69) is 15.5 Å². The number of rotatable bonds is 7. The predicted octanol–water partition coefficient (Wildman–Crippen LogP) is 3.58. The summed E-state index contributed by atoms with van der Waals surface area (Å²) in [5.74, 6) is 0.562. The Kier molecular flexibility index (Phi) is 5.74. The molecule has 2 aliphatic rings. The van der Waals surface area contributed by atoms with Crippen molar-refractivity contribution < 1.29 is 14.5 Å². The first kappa shape index (κ1) is 20.0. The van der Waals surface area contributed by atoms with Crippen molar-refractivity contribution in [2.45, 2.75) is 37.8 Å². The van der Waals surface area contributed by atoms with E-state index < -0.39 is 4.92 Å². The highest BCUT2D eigenvalue weighted by molar-refractivity contribution is 5.96. The Morgan fingerprint density at radius 2 is 1.77 bits per heavy atom. The molecule has 1 amide bonds. The van der Waals surface area contributed by atoms with Crippen LogP contribution in [0.3, 0.4) is 0 Å². The summed E-state index contributed by atoms with van der Waals surface area (Å²) in [6, 6.07) is 13.0. The van der Waals surface area contributed by atoms with Crippen LogP contribution in [0.1, 0.15) is 36.0 Å². The number of carbonyl (C=O) groups excluding carboxylic acids is 1. The molecule has 0 unspecified atom stereocenters. The number of hydrogen-bond donors (Lipinski definition) is 2. The fourth-order valence-corrected chi connectivity index (χ4v) is 3.74. The zero-order valence-electron chi connectivity index (χ0n) is 17.0. The Morgan fingerprint density at radius 1 is 1.07 bits per heavy atom. The van der Waals surface area contributed by atoms with Gasteiger partial charge in [-0.15, -0.1) is 0 Å². The average molecular weight is 410 g/mol. The van der Waals surface area contributed by atoms with Gasteiger partial charge in [-0.2, -0.15) is 0 Å². The van der Waals surface area contributed by atoms with Crippen LogP contribution < -0.4 is 20.3 Å². The number of benzene rings is 2. The van der Waals surface area contributed by atoms with Gasteiger partial charge in [0.2, 0.25) is 0 Å². The minimum atomic E-state index is -0.436. The van der Waals surface area contributed by atoms with Gasteiger partial charge in [-0.3, -0.25) is 14.9 Å². The van der Waals surface area contributed by atoms with Crippen molar-refractivity contribution in [3.63, 3.8) is 0 Å². The van der Waals surface area contributed by atoms with Gasteiger partial charge in [-0.25, -0.2) is 0 Å². The number of amides is 1. The molecule has 158 valence electrons. The molecule has 0 atom stereocenters. The van der Waals surface area contributed by atoms with Crippen LogP contribution in [-0.2, 0) is 0 Å². The molecule has 2 fully saturated rings. The van der Waals surface area contributed by atoms with E-state index in [4.69, 9.17) is 4.74 Å². The van der Waals surface area contributed by atoms with Crippen molar-refractivity contribution >= 4 is 23.0 Å². The maximum Gasteiger partial charge on any atom is 0.293 e. The molecule has 0 bridgehead atoms. The van der Waals surface area contributed by atoms with Crippen LogP contribution >= 0.6 is 0 Å². The zero-order chi connectivity index (χ0) is 21.1. The van der Waals surface area contributed by atoms with E-state index in [1.54, 1.807) is 19.2 Å². The summed E-state index contributed by atoms with van der Waals surface area (Å²) in [5.41, 5.74) is 1.88. The third-order valence-electron chi connectivity index (χ3n) is 5.66. The van der Waals surface area contributed by atoms with Crippen molar-refractivity contribution in [2.75, 3.05) is 30.4 Å². The Labute approximate surface area is 175 Å². The topological polar surface area (TPSA) is 96.7 Å². The van der Waals surface area contributed by atoms with Gasteiger partial charge in [0.25, 0.3) is 11.6 Å². The molecule has 8 nitrogen and oxygen atoms in total. The molecule has 1 heterocycles.